The van der Waals surface area contributed by atoms with Crippen LogP contribution in [0, 0.1) is 5.82 Å². The molecule has 6 nitrogen and oxygen atoms in total. The predicted molar refractivity (Wildman–Crippen MR) is 131 cm³/mol. The fourth-order valence-corrected chi connectivity index (χ4v) is 6.45. The fourth-order valence-electron chi connectivity index (χ4n) is 3.06. The van der Waals surface area contributed by atoms with Gasteiger partial charge >= 0.3 is 0 Å². The number of hydrogen-bond donors (Lipinski definition) is 3. The van der Waals surface area contributed by atoms with Gasteiger partial charge in [-0.25, -0.2) is 14.4 Å². The Bertz CT molecular complexity index is 1250. The quantitative estimate of drug-likeness (QED) is 0.287. The number of hydrogen-bond acceptors (Lipinski definition) is 7. The minimum Gasteiger partial charge on any atom is -0.383 e. The van der Waals surface area contributed by atoms with Crippen LogP contribution in [-0.2, 0) is 16.5 Å². The number of aliphatic hydroxyl groups excluding tert-OH is 1. The number of halogens is 2. The van der Waals surface area contributed by atoms with Crippen LogP contribution >= 0.6 is 34.3 Å². The van der Waals surface area contributed by atoms with Crippen LogP contribution in [0.2, 0.25) is 5.02 Å². The third kappa shape index (κ3) is 5.00. The number of thiol groups is 1. The molecule has 2 N–H and O–H groups in total. The molecule has 0 atom stereocenters. The van der Waals surface area contributed by atoms with E-state index in [-0.39, 0.29) is 4.90 Å². The molecule has 0 unspecified atom stereocenters. The van der Waals surface area contributed by atoms with E-state index in [1.165, 1.54) is 34.8 Å². The van der Waals surface area contributed by atoms with E-state index in [2.05, 4.69) is 14.7 Å². The average Bonchev–Trinajstić information content (AvgIpc) is 3.47. The maximum atomic E-state index is 15.0. The predicted octanol–water partition coefficient (Wildman–Crippen LogP) is 5.10. The molecule has 0 saturated carbocycles. The summed E-state index contributed by atoms with van der Waals surface area (Å²) < 4.78 is 30.8. The Morgan fingerprint density at radius 1 is 1.22 bits per heavy atom. The van der Waals surface area contributed by atoms with Crippen LogP contribution in [-0.4, -0.2) is 32.3 Å². The fraction of sp³-hybridized carbons (Fsp3) is 0.143. The molecule has 0 aliphatic carbocycles. The molecule has 2 aromatic heterocycles. The Labute approximate surface area is 198 Å². The maximum Gasteiger partial charge on any atom is 0.193 e. The number of rotatable bonds is 8. The summed E-state index contributed by atoms with van der Waals surface area (Å²) >= 11 is 8.61. The number of aromatic nitrogens is 2. The topological polar surface area (TPSA) is 78.4 Å². The first-order chi connectivity index (χ1) is 15.4. The molecule has 168 valence electrons. The molecule has 4 aromatic rings. The highest BCUT2D eigenvalue weighted by molar-refractivity contribution is 8.04. The van der Waals surface area contributed by atoms with E-state index in [0.717, 1.165) is 11.3 Å². The van der Waals surface area contributed by atoms with E-state index in [0.29, 0.717) is 27.4 Å². The van der Waals surface area contributed by atoms with Gasteiger partial charge in [0.2, 0.25) is 0 Å². The molecule has 11 heteroatoms. The molecule has 0 bridgehead atoms. The third-order valence-electron chi connectivity index (χ3n) is 4.74. The maximum absolute atomic E-state index is 15.0. The van der Waals surface area contributed by atoms with Crippen molar-refractivity contribution >= 4 is 60.3 Å². The lowest BCUT2D eigenvalue weighted by Gasteiger charge is -2.24. The van der Waals surface area contributed by atoms with Crippen LogP contribution in [0.5, 0.6) is 0 Å². The molecular weight excluding hydrogens is 491 g/mol. The first-order valence-corrected chi connectivity index (χ1v) is 13.5. The van der Waals surface area contributed by atoms with Crippen LogP contribution in [0.3, 0.4) is 0 Å². The summed E-state index contributed by atoms with van der Waals surface area (Å²) in [5.74, 6) is -1.40. The second kappa shape index (κ2) is 9.63. The third-order valence-corrected chi connectivity index (χ3v) is 8.91. The van der Waals surface area contributed by atoms with Crippen molar-refractivity contribution in [3.63, 3.8) is 0 Å². The summed E-state index contributed by atoms with van der Waals surface area (Å²) in [5, 5.41) is 15.1. The van der Waals surface area contributed by atoms with Crippen molar-refractivity contribution in [3.05, 3.63) is 81.5 Å². The van der Waals surface area contributed by atoms with Gasteiger partial charge in [-0.3, -0.25) is 8.93 Å². The number of nitrogens with one attached hydrogen (secondary N) is 1. The molecule has 2 aromatic carbocycles. The average molecular weight is 511 g/mol. The summed E-state index contributed by atoms with van der Waals surface area (Å²) in [5.41, 5.74) is 2.54. The van der Waals surface area contributed by atoms with E-state index in [1.54, 1.807) is 29.6 Å². The van der Waals surface area contributed by atoms with Crippen molar-refractivity contribution in [1.82, 2.24) is 9.97 Å². The molecule has 0 saturated heterocycles. The molecule has 0 aliphatic rings. The summed E-state index contributed by atoms with van der Waals surface area (Å²) in [7, 11) is -1.81. The second-order valence-corrected chi connectivity index (χ2v) is 11.6. The van der Waals surface area contributed by atoms with Gasteiger partial charge in [0.25, 0.3) is 0 Å². The zero-order valence-electron chi connectivity index (χ0n) is 16.9. The highest BCUT2D eigenvalue weighted by atomic mass is 35.5. The molecule has 0 aliphatic heterocycles. The van der Waals surface area contributed by atoms with Gasteiger partial charge in [0.1, 0.15) is 11.8 Å². The highest BCUT2D eigenvalue weighted by Crippen LogP contribution is 2.32. The normalized spacial score (nSPS) is 12.0. The van der Waals surface area contributed by atoms with E-state index in [1.807, 2.05) is 29.6 Å². The standard InChI is InChI=1S/C21H20ClFN4O2S3/c1-27(21-25-16(12-31-21)10-14-2-4-15(22)5-3-14)17-6-7-19(18(23)11-17)32(29,13-28)26-20-24-8-9-30-20/h2-9,11-12,28,32H,10,13H2,1H3,(H,24,26,29). The molecule has 0 fully saturated rings. The van der Waals surface area contributed by atoms with Gasteiger partial charge in [-0.05, 0) is 35.9 Å². The summed E-state index contributed by atoms with van der Waals surface area (Å²) in [6.45, 7) is 0. The van der Waals surface area contributed by atoms with Gasteiger partial charge < -0.3 is 10.0 Å². The van der Waals surface area contributed by atoms with Crippen LogP contribution in [0.4, 0.5) is 20.3 Å². The lowest BCUT2D eigenvalue weighted by Crippen LogP contribution is -2.27. The molecule has 2 heterocycles. The first-order valence-electron chi connectivity index (χ1n) is 9.48. The molecular formula is C21H20ClFN4O2S3. The largest absolute Gasteiger partial charge is 0.383 e. The van der Waals surface area contributed by atoms with Crippen molar-refractivity contribution in [1.29, 1.82) is 0 Å². The molecule has 0 amide bonds. The van der Waals surface area contributed by atoms with Crippen LogP contribution < -0.4 is 9.62 Å². The van der Waals surface area contributed by atoms with Gasteiger partial charge in [-0.15, -0.1) is 22.7 Å². The first kappa shape index (κ1) is 22.8. The monoisotopic (exact) mass is 510 g/mol. The Hall–Kier alpha value is -2.37. The lowest BCUT2D eigenvalue weighted by atomic mass is 10.1. The zero-order valence-corrected chi connectivity index (χ0v) is 20.2. The van der Waals surface area contributed by atoms with Crippen molar-refractivity contribution < 1.29 is 13.7 Å². The van der Waals surface area contributed by atoms with Crippen molar-refractivity contribution in [2.75, 3.05) is 22.6 Å². The number of nitrogens with zero attached hydrogens (tertiary/aromatic N) is 3. The zero-order chi connectivity index (χ0) is 22.7. The Balaban J connectivity index is 1.53. The molecule has 4 rings (SSSR count). The van der Waals surface area contributed by atoms with Gasteiger partial charge in [0.15, 0.2) is 10.3 Å². The van der Waals surface area contributed by atoms with Crippen molar-refractivity contribution in [3.8, 4) is 0 Å². The van der Waals surface area contributed by atoms with Crippen molar-refractivity contribution in [2.24, 2.45) is 0 Å². The SMILES string of the molecule is CN(c1ccc([SH](=O)(CO)Nc2nccs2)c(F)c1)c1nc(Cc2ccc(Cl)cc2)cs1. The summed E-state index contributed by atoms with van der Waals surface area (Å²) in [4.78, 5) is 10.3. The molecule has 0 spiro atoms. The van der Waals surface area contributed by atoms with Gasteiger partial charge in [-0.2, -0.15) is 0 Å². The Morgan fingerprint density at radius 2 is 2.00 bits per heavy atom. The van der Waals surface area contributed by atoms with Crippen molar-refractivity contribution in [2.45, 2.75) is 11.3 Å². The van der Waals surface area contributed by atoms with E-state index < -0.39 is 21.9 Å². The number of aliphatic hydroxyl groups is 1. The summed E-state index contributed by atoms with van der Waals surface area (Å²) in [6, 6.07) is 12.0. The van der Waals surface area contributed by atoms with Gasteiger partial charge in [0, 0.05) is 51.3 Å². The molecule has 0 radical (unpaired) electrons. The van der Waals surface area contributed by atoms with E-state index >= 15 is 0 Å². The Morgan fingerprint density at radius 3 is 2.66 bits per heavy atom. The minimum absolute atomic E-state index is 0.0742. The number of anilines is 3. The Kier molecular flexibility index (Phi) is 6.87. The molecule has 32 heavy (non-hydrogen) atoms. The van der Waals surface area contributed by atoms with E-state index in [9.17, 15) is 13.7 Å². The number of benzene rings is 2. The minimum atomic E-state index is -3.60. The van der Waals surface area contributed by atoms with Gasteiger partial charge in [-0.1, -0.05) is 23.7 Å². The van der Waals surface area contributed by atoms with Crippen LogP contribution in [0.25, 0.3) is 0 Å². The highest BCUT2D eigenvalue weighted by Gasteiger charge is 2.23. The number of thiazole rings is 2. The van der Waals surface area contributed by atoms with Crippen LogP contribution in [0.15, 0.2) is 64.3 Å². The van der Waals surface area contributed by atoms with Crippen LogP contribution in [0.1, 0.15) is 11.3 Å². The second-order valence-electron chi connectivity index (χ2n) is 6.95. The smallest absolute Gasteiger partial charge is 0.193 e. The van der Waals surface area contributed by atoms with Gasteiger partial charge in [0.05, 0.1) is 10.6 Å². The summed E-state index contributed by atoms with van der Waals surface area (Å²) in [6.07, 6.45) is 2.20. The lowest BCUT2D eigenvalue weighted by molar-refractivity contribution is 0.364. The van der Waals surface area contributed by atoms with E-state index in [4.69, 9.17) is 11.6 Å².